The van der Waals surface area contributed by atoms with Gasteiger partial charge in [-0.2, -0.15) is 0 Å². The fourth-order valence-electron chi connectivity index (χ4n) is 2.94. The first-order valence-corrected chi connectivity index (χ1v) is 8.56. The van der Waals surface area contributed by atoms with E-state index in [1.807, 2.05) is 13.8 Å². The van der Waals surface area contributed by atoms with Crippen LogP contribution in [0.5, 0.6) is 0 Å². The van der Waals surface area contributed by atoms with E-state index in [4.69, 9.17) is 9.26 Å². The lowest BCUT2D eigenvalue weighted by atomic mass is 10.0. The molecule has 1 saturated carbocycles. The van der Waals surface area contributed by atoms with Crippen molar-refractivity contribution in [3.63, 3.8) is 0 Å². The van der Waals surface area contributed by atoms with Gasteiger partial charge >= 0.3 is 5.97 Å². The first-order chi connectivity index (χ1) is 11.9. The highest BCUT2D eigenvalue weighted by Gasteiger charge is 2.30. The molecule has 25 heavy (non-hydrogen) atoms. The molecule has 0 spiro atoms. The summed E-state index contributed by atoms with van der Waals surface area (Å²) in [6.45, 7) is 5.75. The third-order valence-corrected chi connectivity index (χ3v) is 4.38. The molecule has 2 aromatic heterocycles. The zero-order valence-electron chi connectivity index (χ0n) is 15.0. The molecule has 0 saturated heterocycles. The molecule has 3 rings (SSSR count). The number of hydrogen-bond donors (Lipinski definition) is 1. The van der Waals surface area contributed by atoms with E-state index >= 15 is 0 Å². The van der Waals surface area contributed by atoms with E-state index in [9.17, 15) is 9.59 Å². The number of hydrogen-bond acceptors (Lipinski definition) is 6. The molecule has 7 heteroatoms. The first kappa shape index (κ1) is 17.4. The van der Waals surface area contributed by atoms with Crippen LogP contribution >= 0.6 is 0 Å². The molecule has 1 aliphatic rings. The lowest BCUT2D eigenvalue weighted by Gasteiger charge is -2.18. The molecule has 2 heterocycles. The maximum atomic E-state index is 12.9. The highest BCUT2D eigenvalue weighted by Crippen LogP contribution is 2.40. The van der Waals surface area contributed by atoms with Gasteiger partial charge in [0.05, 0.1) is 23.8 Å². The summed E-state index contributed by atoms with van der Waals surface area (Å²) < 4.78 is 10.1. The molecule has 1 amide bonds. The second-order valence-electron chi connectivity index (χ2n) is 7.00. The van der Waals surface area contributed by atoms with Crippen molar-refractivity contribution in [2.45, 2.75) is 52.0 Å². The number of rotatable bonds is 6. The topological polar surface area (TPSA) is 94.3 Å². The van der Waals surface area contributed by atoms with E-state index in [0.717, 1.165) is 18.5 Å². The number of carbonyl (C=O) groups is 2. The van der Waals surface area contributed by atoms with Crippen LogP contribution in [0.4, 0.5) is 0 Å². The van der Waals surface area contributed by atoms with E-state index in [1.165, 1.54) is 7.11 Å². The Morgan fingerprint density at radius 3 is 2.72 bits per heavy atom. The van der Waals surface area contributed by atoms with E-state index in [0.29, 0.717) is 34.7 Å². The van der Waals surface area contributed by atoms with Crippen LogP contribution in [0.1, 0.15) is 60.8 Å². The number of nitrogens with one attached hydrogen (secondary N) is 1. The summed E-state index contributed by atoms with van der Waals surface area (Å²) in [6, 6.07) is 1.11. The standard InChI is InChI=1S/C18H23N3O4/c1-9(2)7-14(18(23)24-4)19-16(22)12-8-13(11-5-6-11)20-17-15(12)10(3)21-25-17/h8-9,11,14H,5-7H2,1-4H3,(H,19,22)/t14-/m0/s1. The number of amides is 1. The largest absolute Gasteiger partial charge is 0.467 e. The molecule has 1 N–H and O–H groups in total. The molecule has 0 radical (unpaired) electrons. The van der Waals surface area contributed by atoms with Crippen molar-refractivity contribution in [3.05, 3.63) is 23.0 Å². The van der Waals surface area contributed by atoms with Crippen LogP contribution in [0.3, 0.4) is 0 Å². The van der Waals surface area contributed by atoms with Crippen molar-refractivity contribution in [2.24, 2.45) is 5.92 Å². The molecule has 2 aromatic rings. The highest BCUT2D eigenvalue weighted by atomic mass is 16.5. The molecular weight excluding hydrogens is 322 g/mol. The van der Waals surface area contributed by atoms with E-state index in [1.54, 1.807) is 13.0 Å². The van der Waals surface area contributed by atoms with Crippen molar-refractivity contribution in [2.75, 3.05) is 7.11 Å². The number of aromatic nitrogens is 2. The summed E-state index contributed by atoms with van der Waals surface area (Å²) >= 11 is 0. The molecule has 1 atom stereocenters. The van der Waals surface area contributed by atoms with Crippen LogP contribution in [0, 0.1) is 12.8 Å². The van der Waals surface area contributed by atoms with Gasteiger partial charge in [-0.15, -0.1) is 0 Å². The van der Waals surface area contributed by atoms with Gasteiger partial charge < -0.3 is 14.6 Å². The van der Waals surface area contributed by atoms with Crippen molar-refractivity contribution < 1.29 is 18.8 Å². The minimum Gasteiger partial charge on any atom is -0.467 e. The van der Waals surface area contributed by atoms with Crippen molar-refractivity contribution in [3.8, 4) is 0 Å². The Labute approximate surface area is 146 Å². The molecule has 1 aliphatic carbocycles. The molecule has 1 fully saturated rings. The maximum absolute atomic E-state index is 12.9. The van der Waals surface area contributed by atoms with Gasteiger partial charge in [-0.1, -0.05) is 19.0 Å². The van der Waals surface area contributed by atoms with Crippen molar-refractivity contribution >= 4 is 23.0 Å². The zero-order valence-corrected chi connectivity index (χ0v) is 15.0. The molecule has 7 nitrogen and oxygen atoms in total. The summed E-state index contributed by atoms with van der Waals surface area (Å²) in [5.74, 6) is -0.178. The Kier molecular flexibility index (Phi) is 4.74. The number of carbonyl (C=O) groups excluding carboxylic acids is 2. The lowest BCUT2D eigenvalue weighted by molar-refractivity contribution is -0.143. The third kappa shape index (κ3) is 3.65. The second-order valence-corrected chi connectivity index (χ2v) is 7.00. The summed E-state index contributed by atoms with van der Waals surface area (Å²) in [6.07, 6.45) is 2.63. The molecule has 0 bridgehead atoms. The smallest absolute Gasteiger partial charge is 0.328 e. The highest BCUT2D eigenvalue weighted by molar-refractivity contribution is 6.07. The number of aryl methyl sites for hydroxylation is 1. The summed E-state index contributed by atoms with van der Waals surface area (Å²) in [5, 5.41) is 7.32. The number of fused-ring (bicyclic) bond motifs is 1. The average molecular weight is 345 g/mol. The maximum Gasteiger partial charge on any atom is 0.328 e. The van der Waals surface area contributed by atoms with Crippen LogP contribution in [0.2, 0.25) is 0 Å². The van der Waals surface area contributed by atoms with Crippen molar-refractivity contribution in [1.29, 1.82) is 0 Å². The van der Waals surface area contributed by atoms with Crippen LogP contribution in [-0.4, -0.2) is 35.2 Å². The van der Waals surface area contributed by atoms with Crippen LogP contribution in [-0.2, 0) is 9.53 Å². The van der Waals surface area contributed by atoms with Crippen LogP contribution in [0.15, 0.2) is 10.6 Å². The van der Waals surface area contributed by atoms with Gasteiger partial charge in [0.15, 0.2) is 0 Å². The molecular formula is C18H23N3O4. The van der Waals surface area contributed by atoms with Gasteiger partial charge in [0.1, 0.15) is 6.04 Å². The number of pyridine rings is 1. The van der Waals surface area contributed by atoms with Crippen LogP contribution in [0.25, 0.3) is 11.1 Å². The first-order valence-electron chi connectivity index (χ1n) is 8.56. The van der Waals surface area contributed by atoms with Gasteiger partial charge in [-0.3, -0.25) is 4.79 Å². The zero-order chi connectivity index (χ0) is 18.1. The Morgan fingerprint density at radius 2 is 2.12 bits per heavy atom. The normalized spacial score (nSPS) is 15.4. The Balaban J connectivity index is 1.94. The summed E-state index contributed by atoms with van der Waals surface area (Å²) in [4.78, 5) is 29.4. The molecule has 0 aliphatic heterocycles. The summed E-state index contributed by atoms with van der Waals surface area (Å²) in [7, 11) is 1.32. The number of esters is 1. The second kappa shape index (κ2) is 6.82. The molecule has 0 aromatic carbocycles. The third-order valence-electron chi connectivity index (χ3n) is 4.38. The Hall–Kier alpha value is -2.44. The Morgan fingerprint density at radius 1 is 1.40 bits per heavy atom. The number of nitrogens with zero attached hydrogens (tertiary/aromatic N) is 2. The monoisotopic (exact) mass is 345 g/mol. The fourth-order valence-corrected chi connectivity index (χ4v) is 2.94. The van der Waals surface area contributed by atoms with E-state index in [2.05, 4.69) is 15.5 Å². The van der Waals surface area contributed by atoms with E-state index < -0.39 is 12.0 Å². The van der Waals surface area contributed by atoms with Gasteiger partial charge in [0.2, 0.25) is 0 Å². The predicted octanol–water partition coefficient (Wildman–Crippen LogP) is 2.73. The van der Waals surface area contributed by atoms with Crippen molar-refractivity contribution in [1.82, 2.24) is 15.5 Å². The number of ether oxygens (including phenoxy) is 1. The average Bonchev–Trinajstić information content (AvgIpc) is 3.36. The quantitative estimate of drug-likeness (QED) is 0.809. The van der Waals surface area contributed by atoms with Gasteiger partial charge in [-0.25, -0.2) is 9.78 Å². The number of methoxy groups -OCH3 is 1. The molecule has 0 unspecified atom stereocenters. The molecule has 134 valence electrons. The Bertz CT molecular complexity index is 808. The fraction of sp³-hybridized carbons (Fsp3) is 0.556. The SMILES string of the molecule is COC(=O)[C@H](CC(C)C)NC(=O)c1cc(C2CC2)nc2onc(C)c12. The van der Waals surface area contributed by atoms with Gasteiger partial charge in [0, 0.05) is 11.6 Å². The van der Waals surface area contributed by atoms with Gasteiger partial charge in [0.25, 0.3) is 11.6 Å². The minimum absolute atomic E-state index is 0.237. The lowest BCUT2D eigenvalue weighted by Crippen LogP contribution is -2.42. The van der Waals surface area contributed by atoms with E-state index in [-0.39, 0.29) is 11.8 Å². The predicted molar refractivity (Wildman–Crippen MR) is 91.2 cm³/mol. The summed E-state index contributed by atoms with van der Waals surface area (Å²) in [5.41, 5.74) is 2.26. The van der Waals surface area contributed by atoms with Gasteiger partial charge in [-0.05, 0) is 38.2 Å². The minimum atomic E-state index is -0.690. The van der Waals surface area contributed by atoms with Crippen LogP contribution < -0.4 is 5.32 Å².